The lowest BCUT2D eigenvalue weighted by molar-refractivity contribution is 0.438. The molecule has 14 heavy (non-hydrogen) atoms. The maximum atomic E-state index is 5.38. The van der Waals surface area contributed by atoms with Gasteiger partial charge in [-0.05, 0) is 12.1 Å². The van der Waals surface area contributed by atoms with E-state index in [4.69, 9.17) is 10.5 Å². The highest BCUT2D eigenvalue weighted by molar-refractivity contribution is 5.28. The van der Waals surface area contributed by atoms with Crippen LogP contribution >= 0.6 is 0 Å². The second-order valence-electron chi connectivity index (χ2n) is 2.57. The zero-order valence-corrected chi connectivity index (χ0v) is 7.29. The van der Waals surface area contributed by atoms with Gasteiger partial charge in [0.1, 0.15) is 5.82 Å². The number of nitrogens with zero attached hydrogens (tertiary/aromatic N) is 3. The van der Waals surface area contributed by atoms with Crippen molar-refractivity contribution in [3.05, 3.63) is 36.5 Å². The van der Waals surface area contributed by atoms with Crippen LogP contribution in [-0.4, -0.2) is 15.2 Å². The van der Waals surface area contributed by atoms with E-state index in [9.17, 15) is 0 Å². The molecule has 2 N–H and O–H groups in total. The number of hydrogen-bond donors (Lipinski definition) is 1. The number of rotatable bonds is 2. The van der Waals surface area contributed by atoms with Crippen LogP contribution in [0.4, 0.5) is 5.82 Å². The van der Waals surface area contributed by atoms with E-state index in [2.05, 4.69) is 15.2 Å². The Balaban J connectivity index is 2.16. The van der Waals surface area contributed by atoms with E-state index in [0.29, 0.717) is 17.6 Å². The molecule has 2 heterocycles. The summed E-state index contributed by atoms with van der Waals surface area (Å²) in [6, 6.07) is 8.62. The molecule has 0 saturated carbocycles. The van der Waals surface area contributed by atoms with E-state index < -0.39 is 0 Å². The Bertz CT molecular complexity index is 401. The summed E-state index contributed by atoms with van der Waals surface area (Å²) in [6.07, 6.45) is 1.64. The SMILES string of the molecule is Nc1ccc(Oc2ccccn2)nn1. The first-order valence-corrected chi connectivity index (χ1v) is 4.03. The van der Waals surface area contributed by atoms with Gasteiger partial charge in [-0.2, -0.15) is 0 Å². The summed E-state index contributed by atoms with van der Waals surface area (Å²) in [5, 5.41) is 7.39. The maximum absolute atomic E-state index is 5.38. The van der Waals surface area contributed by atoms with Crippen molar-refractivity contribution < 1.29 is 4.74 Å². The quantitative estimate of drug-likeness (QED) is 0.767. The Hall–Kier alpha value is -2.17. The van der Waals surface area contributed by atoms with Gasteiger partial charge in [-0.3, -0.25) is 0 Å². The molecule has 0 spiro atoms. The molecule has 0 saturated heterocycles. The normalized spacial score (nSPS) is 9.71. The van der Waals surface area contributed by atoms with Gasteiger partial charge in [-0.1, -0.05) is 6.07 Å². The minimum Gasteiger partial charge on any atom is -0.419 e. The van der Waals surface area contributed by atoms with Crippen molar-refractivity contribution in [3.63, 3.8) is 0 Å². The highest BCUT2D eigenvalue weighted by Crippen LogP contribution is 2.14. The summed E-state index contributed by atoms with van der Waals surface area (Å²) >= 11 is 0. The van der Waals surface area contributed by atoms with Crippen molar-refractivity contribution in [1.82, 2.24) is 15.2 Å². The summed E-state index contributed by atoms with van der Waals surface area (Å²) in [4.78, 5) is 3.98. The highest BCUT2D eigenvalue weighted by atomic mass is 16.5. The number of nitrogen functional groups attached to an aromatic ring is 1. The number of pyridine rings is 1. The van der Waals surface area contributed by atoms with Gasteiger partial charge in [0, 0.05) is 18.3 Å². The summed E-state index contributed by atoms with van der Waals surface area (Å²) in [7, 11) is 0. The van der Waals surface area contributed by atoms with Gasteiger partial charge in [0.2, 0.25) is 11.8 Å². The third kappa shape index (κ3) is 1.95. The van der Waals surface area contributed by atoms with Crippen LogP contribution in [0.3, 0.4) is 0 Å². The van der Waals surface area contributed by atoms with Crippen molar-refractivity contribution in [1.29, 1.82) is 0 Å². The Labute approximate surface area is 80.6 Å². The predicted octanol–water partition coefficient (Wildman–Crippen LogP) is 1.25. The minimum absolute atomic E-state index is 0.360. The van der Waals surface area contributed by atoms with Gasteiger partial charge >= 0.3 is 0 Å². The number of ether oxygens (including phenoxy) is 1. The second-order valence-corrected chi connectivity index (χ2v) is 2.57. The van der Waals surface area contributed by atoms with Crippen molar-refractivity contribution in [2.75, 3.05) is 5.73 Å². The molecule has 0 bridgehead atoms. The van der Waals surface area contributed by atoms with Crippen LogP contribution in [0.25, 0.3) is 0 Å². The zero-order valence-electron chi connectivity index (χ0n) is 7.29. The average molecular weight is 188 g/mol. The first-order chi connectivity index (χ1) is 6.84. The lowest BCUT2D eigenvalue weighted by Gasteiger charge is -2.01. The molecule has 0 aliphatic heterocycles. The monoisotopic (exact) mass is 188 g/mol. The lowest BCUT2D eigenvalue weighted by Crippen LogP contribution is -1.95. The molecule has 0 aliphatic rings. The molecular formula is C9H8N4O. The third-order valence-electron chi connectivity index (χ3n) is 1.51. The Kier molecular flexibility index (Phi) is 2.22. The predicted molar refractivity (Wildman–Crippen MR) is 50.8 cm³/mol. The van der Waals surface area contributed by atoms with Gasteiger partial charge < -0.3 is 10.5 Å². The third-order valence-corrected chi connectivity index (χ3v) is 1.51. The van der Waals surface area contributed by atoms with Crippen LogP contribution in [0, 0.1) is 0 Å². The molecule has 2 rings (SSSR count). The fourth-order valence-corrected chi connectivity index (χ4v) is 0.899. The van der Waals surface area contributed by atoms with E-state index in [-0.39, 0.29) is 0 Å². The molecule has 0 unspecified atom stereocenters. The van der Waals surface area contributed by atoms with Crippen LogP contribution < -0.4 is 10.5 Å². The Morgan fingerprint density at radius 1 is 1.00 bits per heavy atom. The number of anilines is 1. The Morgan fingerprint density at radius 2 is 1.93 bits per heavy atom. The van der Waals surface area contributed by atoms with Gasteiger partial charge in [0.05, 0.1) is 0 Å². The topological polar surface area (TPSA) is 73.9 Å². The van der Waals surface area contributed by atoms with Gasteiger partial charge in [-0.15, -0.1) is 10.2 Å². The van der Waals surface area contributed by atoms with E-state index in [0.717, 1.165) is 0 Å². The van der Waals surface area contributed by atoms with Crippen molar-refractivity contribution in [2.24, 2.45) is 0 Å². The van der Waals surface area contributed by atoms with Crippen molar-refractivity contribution in [2.45, 2.75) is 0 Å². The van der Waals surface area contributed by atoms with Crippen molar-refractivity contribution >= 4 is 5.82 Å². The standard InChI is InChI=1S/C9H8N4O/c10-7-4-5-9(13-12-7)14-8-3-1-2-6-11-8/h1-6H,(H2,10,12). The fourth-order valence-electron chi connectivity index (χ4n) is 0.899. The molecule has 0 atom stereocenters. The summed E-state index contributed by atoms with van der Waals surface area (Å²) in [5.41, 5.74) is 5.38. The van der Waals surface area contributed by atoms with E-state index in [1.807, 2.05) is 12.1 Å². The van der Waals surface area contributed by atoms with Crippen LogP contribution in [-0.2, 0) is 0 Å². The van der Waals surface area contributed by atoms with E-state index >= 15 is 0 Å². The summed E-state index contributed by atoms with van der Waals surface area (Å²) in [5.74, 6) is 1.21. The van der Waals surface area contributed by atoms with Crippen LogP contribution in [0.2, 0.25) is 0 Å². The van der Waals surface area contributed by atoms with Crippen molar-refractivity contribution in [3.8, 4) is 11.8 Å². The molecular weight excluding hydrogens is 180 g/mol. The zero-order chi connectivity index (χ0) is 9.80. The largest absolute Gasteiger partial charge is 0.419 e. The fraction of sp³-hybridized carbons (Fsp3) is 0. The van der Waals surface area contributed by atoms with Crippen LogP contribution in [0.15, 0.2) is 36.5 Å². The maximum Gasteiger partial charge on any atom is 0.240 e. The molecule has 0 fully saturated rings. The highest BCUT2D eigenvalue weighted by Gasteiger charge is 1.98. The number of aromatic nitrogens is 3. The lowest BCUT2D eigenvalue weighted by atomic mass is 10.5. The first kappa shape index (κ1) is 8.43. The molecule has 0 aliphatic carbocycles. The number of hydrogen-bond acceptors (Lipinski definition) is 5. The van der Waals surface area contributed by atoms with E-state index in [1.165, 1.54) is 0 Å². The molecule has 5 nitrogen and oxygen atoms in total. The molecule has 2 aromatic heterocycles. The molecule has 0 aromatic carbocycles. The second kappa shape index (κ2) is 3.69. The van der Waals surface area contributed by atoms with E-state index in [1.54, 1.807) is 24.4 Å². The number of nitrogens with two attached hydrogens (primary N) is 1. The van der Waals surface area contributed by atoms with Gasteiger partial charge in [0.15, 0.2) is 0 Å². The molecule has 0 amide bonds. The van der Waals surface area contributed by atoms with Crippen LogP contribution in [0.1, 0.15) is 0 Å². The Morgan fingerprint density at radius 3 is 2.57 bits per heavy atom. The molecule has 2 aromatic rings. The minimum atomic E-state index is 0.360. The van der Waals surface area contributed by atoms with Gasteiger partial charge in [0.25, 0.3) is 0 Å². The smallest absolute Gasteiger partial charge is 0.240 e. The average Bonchev–Trinajstić information content (AvgIpc) is 2.23. The molecule has 70 valence electrons. The first-order valence-electron chi connectivity index (χ1n) is 4.03. The summed E-state index contributed by atoms with van der Waals surface area (Å²) < 4.78 is 5.29. The molecule has 0 radical (unpaired) electrons. The van der Waals surface area contributed by atoms with Crippen LogP contribution in [0.5, 0.6) is 11.8 Å². The summed E-state index contributed by atoms with van der Waals surface area (Å²) in [6.45, 7) is 0. The molecule has 5 heteroatoms. The van der Waals surface area contributed by atoms with Gasteiger partial charge in [-0.25, -0.2) is 4.98 Å².